The van der Waals surface area contributed by atoms with E-state index in [1.165, 1.54) is 16.0 Å². The van der Waals surface area contributed by atoms with Crippen LogP contribution in [0.2, 0.25) is 5.02 Å². The van der Waals surface area contributed by atoms with E-state index in [1.54, 1.807) is 27.7 Å². The van der Waals surface area contributed by atoms with Gasteiger partial charge in [-0.05, 0) is 67.5 Å². The second-order valence-corrected chi connectivity index (χ2v) is 10.8. The number of aryl methyl sites for hydroxylation is 2. The van der Waals surface area contributed by atoms with Crippen molar-refractivity contribution in [3.05, 3.63) is 85.5 Å². The van der Waals surface area contributed by atoms with Crippen molar-refractivity contribution in [1.29, 1.82) is 0 Å². The molecular formula is C25H23ClN2OS2. The zero-order valence-electron chi connectivity index (χ0n) is 17.5. The summed E-state index contributed by atoms with van der Waals surface area (Å²) in [6, 6.07) is 16.0. The Balaban J connectivity index is 1.65. The summed E-state index contributed by atoms with van der Waals surface area (Å²) in [4.78, 5) is 21.0. The minimum Gasteiger partial charge on any atom is -0.268 e. The van der Waals surface area contributed by atoms with E-state index in [0.29, 0.717) is 5.92 Å². The Bertz CT molecular complexity index is 1310. The smallest absolute Gasteiger partial charge is 0.267 e. The summed E-state index contributed by atoms with van der Waals surface area (Å²) in [6.45, 7) is 4.35. The van der Waals surface area contributed by atoms with Crippen LogP contribution in [0.5, 0.6) is 0 Å². The first-order valence-corrected chi connectivity index (χ1v) is 12.7. The number of thioether (sulfide) groups is 1. The van der Waals surface area contributed by atoms with Crippen molar-refractivity contribution < 1.29 is 0 Å². The lowest BCUT2D eigenvalue weighted by atomic mass is 9.89. The van der Waals surface area contributed by atoms with Crippen LogP contribution in [-0.4, -0.2) is 9.55 Å². The number of hydrogen-bond donors (Lipinski definition) is 0. The molecule has 158 valence electrons. The van der Waals surface area contributed by atoms with E-state index in [2.05, 4.69) is 13.8 Å². The van der Waals surface area contributed by atoms with Crippen molar-refractivity contribution in [2.24, 2.45) is 5.92 Å². The van der Waals surface area contributed by atoms with E-state index in [-0.39, 0.29) is 5.56 Å². The molecule has 2 heterocycles. The zero-order chi connectivity index (χ0) is 21.5. The highest BCUT2D eigenvalue weighted by Gasteiger charge is 2.25. The SMILES string of the molecule is Cc1ccc(-n2c(SCc3ccc(Cl)cc3)nc3sc4c(c3c2=O)CCC(C)C4)cc1. The number of hydrogen-bond acceptors (Lipinski definition) is 4. The Hall–Kier alpha value is -2.08. The van der Waals surface area contributed by atoms with Crippen molar-refractivity contribution in [3.63, 3.8) is 0 Å². The van der Waals surface area contributed by atoms with Gasteiger partial charge >= 0.3 is 0 Å². The summed E-state index contributed by atoms with van der Waals surface area (Å²) in [6.07, 6.45) is 3.15. The van der Waals surface area contributed by atoms with Gasteiger partial charge in [0.15, 0.2) is 5.16 Å². The lowest BCUT2D eigenvalue weighted by molar-refractivity contribution is 0.509. The minimum atomic E-state index is 0.0551. The van der Waals surface area contributed by atoms with E-state index >= 15 is 0 Å². The van der Waals surface area contributed by atoms with Crippen molar-refractivity contribution in [2.45, 2.75) is 44.0 Å². The molecule has 0 saturated carbocycles. The number of aromatic nitrogens is 2. The third-order valence-electron chi connectivity index (χ3n) is 5.87. The predicted molar refractivity (Wildman–Crippen MR) is 132 cm³/mol. The Labute approximate surface area is 195 Å². The third-order valence-corrected chi connectivity index (χ3v) is 8.28. The highest BCUT2D eigenvalue weighted by Crippen LogP contribution is 2.37. The predicted octanol–water partition coefficient (Wildman–Crippen LogP) is 6.83. The molecule has 2 aromatic carbocycles. The van der Waals surface area contributed by atoms with Gasteiger partial charge in [0, 0.05) is 15.7 Å². The first kappa shape index (κ1) is 20.8. The molecule has 5 rings (SSSR count). The van der Waals surface area contributed by atoms with E-state index < -0.39 is 0 Å². The van der Waals surface area contributed by atoms with Crippen LogP contribution in [-0.2, 0) is 18.6 Å². The number of nitrogens with zero attached hydrogens (tertiary/aromatic N) is 2. The van der Waals surface area contributed by atoms with E-state index in [9.17, 15) is 4.79 Å². The van der Waals surface area contributed by atoms with Gasteiger partial charge < -0.3 is 0 Å². The van der Waals surface area contributed by atoms with Crippen LogP contribution in [0.1, 0.15) is 34.9 Å². The number of benzene rings is 2. The van der Waals surface area contributed by atoms with Crippen molar-refractivity contribution >= 4 is 44.9 Å². The van der Waals surface area contributed by atoms with Crippen molar-refractivity contribution in [2.75, 3.05) is 0 Å². The lowest BCUT2D eigenvalue weighted by Crippen LogP contribution is -2.22. The lowest BCUT2D eigenvalue weighted by Gasteiger charge is -2.18. The summed E-state index contributed by atoms with van der Waals surface area (Å²) >= 11 is 9.33. The van der Waals surface area contributed by atoms with Gasteiger partial charge in [0.05, 0.1) is 11.1 Å². The molecule has 0 fully saturated rings. The molecule has 0 N–H and O–H groups in total. The molecule has 1 unspecified atom stereocenters. The maximum Gasteiger partial charge on any atom is 0.267 e. The van der Waals surface area contributed by atoms with Crippen molar-refractivity contribution in [1.82, 2.24) is 9.55 Å². The normalized spacial score (nSPS) is 15.9. The third kappa shape index (κ3) is 4.07. The topological polar surface area (TPSA) is 34.9 Å². The summed E-state index contributed by atoms with van der Waals surface area (Å²) in [7, 11) is 0. The van der Waals surface area contributed by atoms with E-state index in [0.717, 1.165) is 56.7 Å². The molecule has 0 saturated heterocycles. The first-order chi connectivity index (χ1) is 15.0. The number of fused-ring (bicyclic) bond motifs is 3. The summed E-state index contributed by atoms with van der Waals surface area (Å²) in [5.74, 6) is 1.39. The van der Waals surface area contributed by atoms with Gasteiger partial charge in [0.2, 0.25) is 0 Å². The molecule has 1 atom stereocenters. The molecule has 0 radical (unpaired) electrons. The second-order valence-electron chi connectivity index (χ2n) is 8.32. The molecule has 0 amide bonds. The van der Waals surface area contributed by atoms with Gasteiger partial charge in [-0.1, -0.05) is 60.1 Å². The molecule has 0 spiro atoms. The van der Waals surface area contributed by atoms with Gasteiger partial charge in [-0.3, -0.25) is 9.36 Å². The summed E-state index contributed by atoms with van der Waals surface area (Å²) < 4.78 is 1.80. The fourth-order valence-corrected chi connectivity index (χ4v) is 6.64. The second kappa shape index (κ2) is 8.45. The standard InChI is InChI=1S/C25H23ClN2OS2/c1-15-3-10-19(11-4-15)28-24(29)22-20-12-5-16(2)13-21(20)31-23(22)27-25(28)30-14-17-6-8-18(26)9-7-17/h3-4,6-11,16H,5,12-14H2,1-2H3. The highest BCUT2D eigenvalue weighted by atomic mass is 35.5. The minimum absolute atomic E-state index is 0.0551. The molecule has 31 heavy (non-hydrogen) atoms. The molecular weight excluding hydrogens is 444 g/mol. The summed E-state index contributed by atoms with van der Waals surface area (Å²) in [5.41, 5.74) is 4.47. The molecule has 1 aliphatic rings. The van der Waals surface area contributed by atoms with Crippen LogP contribution < -0.4 is 5.56 Å². The van der Waals surface area contributed by atoms with Gasteiger partial charge in [0.1, 0.15) is 4.83 Å². The van der Waals surface area contributed by atoms with E-state index in [1.807, 2.05) is 48.5 Å². The number of halogens is 1. The van der Waals surface area contributed by atoms with Gasteiger partial charge in [-0.15, -0.1) is 11.3 Å². The average Bonchev–Trinajstić information content (AvgIpc) is 3.12. The Morgan fingerprint density at radius 1 is 1.16 bits per heavy atom. The van der Waals surface area contributed by atoms with Crippen LogP contribution in [0.15, 0.2) is 58.5 Å². The van der Waals surface area contributed by atoms with Crippen LogP contribution >= 0.6 is 34.7 Å². The molecule has 3 nitrogen and oxygen atoms in total. The highest BCUT2D eigenvalue weighted by molar-refractivity contribution is 7.98. The van der Waals surface area contributed by atoms with Crippen LogP contribution in [0.3, 0.4) is 0 Å². The molecule has 4 aromatic rings. The molecule has 6 heteroatoms. The average molecular weight is 467 g/mol. The van der Waals surface area contributed by atoms with Gasteiger partial charge in [-0.2, -0.15) is 0 Å². The Morgan fingerprint density at radius 2 is 1.90 bits per heavy atom. The van der Waals surface area contributed by atoms with Gasteiger partial charge in [0.25, 0.3) is 5.56 Å². The van der Waals surface area contributed by atoms with Crippen LogP contribution in [0.4, 0.5) is 0 Å². The number of thiophene rings is 1. The molecule has 0 bridgehead atoms. The zero-order valence-corrected chi connectivity index (χ0v) is 19.9. The van der Waals surface area contributed by atoms with E-state index in [4.69, 9.17) is 16.6 Å². The van der Waals surface area contributed by atoms with Crippen LogP contribution in [0.25, 0.3) is 15.9 Å². The number of rotatable bonds is 4. The maximum atomic E-state index is 13.8. The Kier molecular flexibility index (Phi) is 5.67. The fourth-order valence-electron chi connectivity index (χ4n) is 4.12. The monoisotopic (exact) mass is 466 g/mol. The Morgan fingerprint density at radius 3 is 2.65 bits per heavy atom. The molecule has 1 aliphatic carbocycles. The molecule has 0 aliphatic heterocycles. The van der Waals surface area contributed by atoms with Crippen LogP contribution in [0, 0.1) is 12.8 Å². The van der Waals surface area contributed by atoms with Gasteiger partial charge in [-0.25, -0.2) is 4.98 Å². The quantitative estimate of drug-likeness (QED) is 0.244. The summed E-state index contributed by atoms with van der Waals surface area (Å²) in [5, 5.41) is 2.29. The van der Waals surface area contributed by atoms with Crippen molar-refractivity contribution in [3.8, 4) is 5.69 Å². The fraction of sp³-hybridized carbons (Fsp3) is 0.280. The largest absolute Gasteiger partial charge is 0.268 e. The maximum absolute atomic E-state index is 13.8. The first-order valence-electron chi connectivity index (χ1n) is 10.5. The molecule has 2 aromatic heterocycles.